The highest BCUT2D eigenvalue weighted by Gasteiger charge is 2.26. The molecule has 3 N–H and O–H groups in total. The van der Waals surface area contributed by atoms with Crippen LogP contribution in [0.2, 0.25) is 5.02 Å². The minimum absolute atomic E-state index is 0.532. The Morgan fingerprint density at radius 3 is 2.48 bits per heavy atom. The van der Waals surface area contributed by atoms with Crippen molar-refractivity contribution >= 4 is 33.2 Å². The molecular formula is C9H8ClF2N3O5S. The van der Waals surface area contributed by atoms with Gasteiger partial charge in [-0.3, -0.25) is 14.9 Å². The molecule has 0 unspecified atom stereocenters. The molecule has 1 amide bonds. The summed E-state index contributed by atoms with van der Waals surface area (Å²) in [4.78, 5) is 20.5. The van der Waals surface area contributed by atoms with Crippen molar-refractivity contribution in [3.05, 3.63) is 32.8 Å². The molecule has 0 atom stereocenters. The molecule has 8 nitrogen and oxygen atoms in total. The van der Waals surface area contributed by atoms with Crippen LogP contribution in [0.1, 0.15) is 10.4 Å². The Balaban J connectivity index is 3.38. The molecule has 0 fully saturated rings. The first-order valence-corrected chi connectivity index (χ1v) is 7.03. The predicted octanol–water partition coefficient (Wildman–Crippen LogP) is 0.891. The first-order valence-electron chi connectivity index (χ1n) is 5.11. The molecule has 0 aliphatic heterocycles. The number of carbonyl (C=O) groups is 1. The van der Waals surface area contributed by atoms with E-state index >= 15 is 0 Å². The molecule has 1 aromatic rings. The number of nitrogens with two attached hydrogens (primary N) is 1. The number of hydrogen-bond donors (Lipinski definition) is 2. The second-order valence-corrected chi connectivity index (χ2v) is 5.62. The number of alkyl halides is 2. The number of hydrogen-bond acceptors (Lipinski definition) is 5. The molecule has 12 heteroatoms. The second kappa shape index (κ2) is 6.28. The molecule has 0 radical (unpaired) electrons. The summed E-state index contributed by atoms with van der Waals surface area (Å²) in [6, 6.07) is 1.34. The van der Waals surface area contributed by atoms with Gasteiger partial charge in [0.15, 0.2) is 0 Å². The van der Waals surface area contributed by atoms with Crippen LogP contribution in [-0.2, 0) is 10.0 Å². The third-order valence-corrected chi connectivity index (χ3v) is 3.65. The minimum atomic E-state index is -4.44. The van der Waals surface area contributed by atoms with Crippen LogP contribution < -0.4 is 10.5 Å². The maximum atomic E-state index is 12.0. The molecular weight excluding hydrogens is 336 g/mol. The molecule has 0 saturated carbocycles. The van der Waals surface area contributed by atoms with E-state index in [0.29, 0.717) is 12.1 Å². The number of nitrogens with zero attached hydrogens (tertiary/aromatic N) is 1. The highest BCUT2D eigenvalue weighted by molar-refractivity contribution is 7.89. The predicted molar refractivity (Wildman–Crippen MR) is 67.8 cm³/mol. The Morgan fingerprint density at radius 2 is 2.05 bits per heavy atom. The maximum absolute atomic E-state index is 12.0. The van der Waals surface area contributed by atoms with E-state index in [1.807, 2.05) is 0 Å². The topological polar surface area (TPSA) is 132 Å². The summed E-state index contributed by atoms with van der Waals surface area (Å²) in [6.45, 7) is -1.00. The minimum Gasteiger partial charge on any atom is -0.346 e. The Hall–Kier alpha value is -1.85. The first-order chi connectivity index (χ1) is 9.54. The van der Waals surface area contributed by atoms with E-state index in [2.05, 4.69) is 0 Å². The number of nitrogens with one attached hydrogen (secondary N) is 1. The zero-order valence-corrected chi connectivity index (χ0v) is 11.6. The number of primary sulfonamides is 1. The van der Waals surface area contributed by atoms with Crippen LogP contribution in [-0.4, -0.2) is 32.2 Å². The molecule has 0 saturated heterocycles. The molecule has 0 aromatic heterocycles. The van der Waals surface area contributed by atoms with Crippen molar-refractivity contribution in [3.63, 3.8) is 0 Å². The number of amides is 1. The lowest BCUT2D eigenvalue weighted by molar-refractivity contribution is -0.384. The number of nitro benzene ring substituents is 1. The lowest BCUT2D eigenvalue weighted by Crippen LogP contribution is -2.28. The molecule has 0 heterocycles. The molecule has 21 heavy (non-hydrogen) atoms. The van der Waals surface area contributed by atoms with Crippen molar-refractivity contribution in [3.8, 4) is 0 Å². The van der Waals surface area contributed by atoms with Crippen molar-refractivity contribution < 1.29 is 26.9 Å². The van der Waals surface area contributed by atoms with Gasteiger partial charge in [0, 0.05) is 11.6 Å². The Labute approximate surface area is 122 Å². The summed E-state index contributed by atoms with van der Waals surface area (Å²) in [7, 11) is -4.44. The second-order valence-electron chi connectivity index (χ2n) is 3.71. The quantitative estimate of drug-likeness (QED) is 0.605. The third-order valence-electron chi connectivity index (χ3n) is 2.20. The standard InChI is InChI=1S/C9H8ClF2N3O5S/c10-8-5(15(17)18)1-4(2-6(8)21(13,19)20)9(16)14-3-7(11)12/h1-2,7H,3H2,(H,14,16)(H2,13,19,20). The monoisotopic (exact) mass is 343 g/mol. The van der Waals surface area contributed by atoms with Crippen LogP contribution in [0.3, 0.4) is 0 Å². The van der Waals surface area contributed by atoms with E-state index in [4.69, 9.17) is 16.7 Å². The number of halogens is 3. The van der Waals surface area contributed by atoms with E-state index in [0.717, 1.165) is 0 Å². The van der Waals surface area contributed by atoms with Crippen molar-refractivity contribution in [1.29, 1.82) is 0 Å². The van der Waals surface area contributed by atoms with E-state index < -0.39 is 55.0 Å². The Bertz CT molecular complexity index is 695. The van der Waals surface area contributed by atoms with Crippen molar-refractivity contribution in [2.45, 2.75) is 11.3 Å². The summed E-state index contributed by atoms with van der Waals surface area (Å²) in [5.74, 6) is -1.13. The first kappa shape index (κ1) is 17.2. The average molecular weight is 344 g/mol. The van der Waals surface area contributed by atoms with Crippen molar-refractivity contribution in [2.24, 2.45) is 5.14 Å². The summed E-state index contributed by atoms with van der Waals surface area (Å²) < 4.78 is 46.6. The van der Waals surface area contributed by atoms with E-state index in [-0.39, 0.29) is 0 Å². The van der Waals surface area contributed by atoms with E-state index in [9.17, 15) is 32.1 Å². The molecule has 0 aliphatic rings. The van der Waals surface area contributed by atoms with Gasteiger partial charge in [-0.25, -0.2) is 22.3 Å². The van der Waals surface area contributed by atoms with E-state index in [1.54, 1.807) is 5.32 Å². The van der Waals surface area contributed by atoms with Gasteiger partial charge in [-0.05, 0) is 6.07 Å². The number of carbonyl (C=O) groups excluding carboxylic acids is 1. The summed E-state index contributed by atoms with van der Waals surface area (Å²) in [5.41, 5.74) is -1.42. The smallest absolute Gasteiger partial charge is 0.290 e. The van der Waals surface area contributed by atoms with Crippen molar-refractivity contribution in [2.75, 3.05) is 6.54 Å². The van der Waals surface area contributed by atoms with Gasteiger partial charge in [0.1, 0.15) is 9.92 Å². The zero-order valence-electron chi connectivity index (χ0n) is 10.0. The SMILES string of the molecule is NS(=O)(=O)c1cc(C(=O)NCC(F)F)cc([N+](=O)[O-])c1Cl. The van der Waals surface area contributed by atoms with Crippen LogP contribution in [0.25, 0.3) is 0 Å². The van der Waals surface area contributed by atoms with Crippen LogP contribution in [0.15, 0.2) is 17.0 Å². The van der Waals surface area contributed by atoms with Gasteiger partial charge in [-0.1, -0.05) is 11.6 Å². The number of rotatable bonds is 5. The lowest BCUT2D eigenvalue weighted by atomic mass is 10.2. The fourth-order valence-corrected chi connectivity index (χ4v) is 2.47. The number of sulfonamides is 1. The number of nitro groups is 1. The van der Waals surface area contributed by atoms with Crippen LogP contribution in [0.5, 0.6) is 0 Å². The summed E-state index contributed by atoms with van der Waals surface area (Å²) >= 11 is 5.54. The molecule has 116 valence electrons. The largest absolute Gasteiger partial charge is 0.346 e. The molecule has 1 rings (SSSR count). The van der Waals surface area contributed by atoms with Gasteiger partial charge in [-0.15, -0.1) is 0 Å². The molecule has 0 bridgehead atoms. The van der Waals surface area contributed by atoms with Crippen LogP contribution in [0.4, 0.5) is 14.5 Å². The Kier molecular flexibility index (Phi) is 5.15. The van der Waals surface area contributed by atoms with Gasteiger partial charge < -0.3 is 5.32 Å². The lowest BCUT2D eigenvalue weighted by Gasteiger charge is -2.08. The maximum Gasteiger partial charge on any atom is 0.290 e. The Morgan fingerprint density at radius 1 is 1.48 bits per heavy atom. The summed E-state index contributed by atoms with van der Waals surface area (Å²) in [5, 5.41) is 16.6. The average Bonchev–Trinajstić information content (AvgIpc) is 2.34. The van der Waals surface area contributed by atoms with E-state index in [1.165, 1.54) is 0 Å². The normalized spacial score (nSPS) is 11.5. The third kappa shape index (κ3) is 4.31. The van der Waals surface area contributed by atoms with Crippen molar-refractivity contribution in [1.82, 2.24) is 5.32 Å². The van der Waals surface area contributed by atoms with Gasteiger partial charge in [0.2, 0.25) is 10.0 Å². The van der Waals surface area contributed by atoms with Gasteiger partial charge in [0.05, 0.1) is 11.5 Å². The van der Waals surface area contributed by atoms with Crippen LogP contribution >= 0.6 is 11.6 Å². The number of benzene rings is 1. The summed E-state index contributed by atoms with van der Waals surface area (Å²) in [6.07, 6.45) is -2.84. The fraction of sp³-hybridized carbons (Fsp3) is 0.222. The highest BCUT2D eigenvalue weighted by atomic mass is 35.5. The molecule has 0 aliphatic carbocycles. The van der Waals surface area contributed by atoms with Crippen LogP contribution in [0, 0.1) is 10.1 Å². The van der Waals surface area contributed by atoms with Gasteiger partial charge in [0.25, 0.3) is 18.0 Å². The fourth-order valence-electron chi connectivity index (χ4n) is 1.33. The molecule has 1 aromatic carbocycles. The highest BCUT2D eigenvalue weighted by Crippen LogP contribution is 2.32. The van der Waals surface area contributed by atoms with Gasteiger partial charge in [-0.2, -0.15) is 0 Å². The molecule has 0 spiro atoms. The van der Waals surface area contributed by atoms with Gasteiger partial charge >= 0.3 is 0 Å². The zero-order chi connectivity index (χ0) is 16.4.